The van der Waals surface area contributed by atoms with E-state index in [-0.39, 0.29) is 49.4 Å². The van der Waals surface area contributed by atoms with E-state index in [1.54, 1.807) is 11.3 Å². The molecule has 298 valence electrons. The summed E-state index contributed by atoms with van der Waals surface area (Å²) in [7, 11) is 0. The zero-order valence-electron chi connectivity index (χ0n) is 33.4. The average Bonchev–Trinajstić information content (AvgIpc) is 3.72. The van der Waals surface area contributed by atoms with Crippen LogP contribution in [-0.2, 0) is 19.1 Å². The van der Waals surface area contributed by atoms with Gasteiger partial charge in [-0.1, -0.05) is 45.0 Å². The van der Waals surface area contributed by atoms with Gasteiger partial charge in [0.25, 0.3) is 0 Å². The minimum absolute atomic E-state index is 0.0264. The molecule has 1 unspecified atom stereocenters. The lowest BCUT2D eigenvalue weighted by atomic mass is 9.85. The number of amides is 4. The van der Waals surface area contributed by atoms with E-state index >= 15 is 0 Å². The van der Waals surface area contributed by atoms with Crippen molar-refractivity contribution in [3.05, 3.63) is 41.0 Å². The number of nitrogens with one attached hydrogen (secondary N) is 2. The first kappa shape index (κ1) is 41.6. The zero-order chi connectivity index (χ0) is 39.4. The maximum absolute atomic E-state index is 14.1. The van der Waals surface area contributed by atoms with Crippen molar-refractivity contribution in [3.8, 4) is 10.4 Å². The lowest BCUT2D eigenvalue weighted by molar-refractivity contribution is -0.144. The number of ether oxygens (including phenoxy) is 1. The lowest BCUT2D eigenvalue weighted by Crippen LogP contribution is -2.59. The molecule has 0 bridgehead atoms. The second kappa shape index (κ2) is 17.5. The summed E-state index contributed by atoms with van der Waals surface area (Å²) in [5, 5.41) is 16.7. The third-order valence-electron chi connectivity index (χ3n) is 10.7. The molecule has 3 aliphatic rings. The number of piperazine rings is 1. The highest BCUT2D eigenvalue weighted by atomic mass is 32.1. The summed E-state index contributed by atoms with van der Waals surface area (Å²) in [5.41, 5.74) is 3.66. The van der Waals surface area contributed by atoms with Gasteiger partial charge in [-0.15, -0.1) is 11.3 Å². The van der Waals surface area contributed by atoms with Crippen LogP contribution in [0.5, 0.6) is 0 Å². The minimum atomic E-state index is -0.876. The van der Waals surface area contributed by atoms with Crippen LogP contribution >= 0.6 is 11.3 Å². The molecule has 0 aliphatic carbocycles. The molecule has 2 aromatic rings. The fourth-order valence-electron chi connectivity index (χ4n) is 7.54. The quantitative estimate of drug-likeness (QED) is 0.326. The van der Waals surface area contributed by atoms with E-state index < -0.39 is 29.2 Å². The van der Waals surface area contributed by atoms with Crippen LogP contribution in [0, 0.1) is 18.3 Å². The molecule has 1 aromatic carbocycles. The molecule has 3 aliphatic heterocycles. The van der Waals surface area contributed by atoms with Gasteiger partial charge >= 0.3 is 6.09 Å². The van der Waals surface area contributed by atoms with Gasteiger partial charge in [0, 0.05) is 58.8 Å². The van der Waals surface area contributed by atoms with Crippen LogP contribution < -0.4 is 10.6 Å². The van der Waals surface area contributed by atoms with Crippen LogP contribution in [0.4, 0.5) is 4.79 Å². The summed E-state index contributed by atoms with van der Waals surface area (Å²) >= 11 is 1.59. The van der Waals surface area contributed by atoms with Gasteiger partial charge in [-0.25, -0.2) is 9.78 Å². The predicted molar refractivity (Wildman–Crippen MR) is 210 cm³/mol. The Morgan fingerprint density at radius 2 is 1.57 bits per heavy atom. The second-order valence-electron chi connectivity index (χ2n) is 17.4. The van der Waals surface area contributed by atoms with Crippen LogP contribution in [-0.4, -0.2) is 136 Å². The highest BCUT2D eigenvalue weighted by Crippen LogP contribution is 2.30. The van der Waals surface area contributed by atoms with E-state index in [9.17, 15) is 24.3 Å². The number of aryl methyl sites for hydroxylation is 1. The van der Waals surface area contributed by atoms with Crippen LogP contribution in [0.1, 0.15) is 85.0 Å². The van der Waals surface area contributed by atoms with Crippen molar-refractivity contribution in [1.82, 2.24) is 35.2 Å². The first-order valence-electron chi connectivity index (χ1n) is 19.4. The van der Waals surface area contributed by atoms with E-state index in [2.05, 4.69) is 25.4 Å². The third-order valence-corrected chi connectivity index (χ3v) is 11.7. The molecule has 3 saturated heterocycles. The Hall–Kier alpha value is -3.59. The Bertz CT molecular complexity index is 1600. The molecule has 13 nitrogen and oxygen atoms in total. The number of carbonyl (C=O) groups is 4. The molecule has 0 radical (unpaired) electrons. The summed E-state index contributed by atoms with van der Waals surface area (Å²) in [5.74, 6) is -0.425. The Morgan fingerprint density at radius 3 is 2.15 bits per heavy atom. The van der Waals surface area contributed by atoms with Gasteiger partial charge in [-0.2, -0.15) is 0 Å². The Kier molecular flexibility index (Phi) is 13.5. The Balaban J connectivity index is 1.10. The normalized spacial score (nSPS) is 21.8. The molecule has 0 spiro atoms. The number of hydrogen-bond acceptors (Lipinski definition) is 10. The van der Waals surface area contributed by atoms with Crippen molar-refractivity contribution < 1.29 is 29.0 Å². The highest BCUT2D eigenvalue weighted by Gasteiger charge is 2.45. The van der Waals surface area contributed by atoms with Crippen molar-refractivity contribution >= 4 is 35.2 Å². The summed E-state index contributed by atoms with van der Waals surface area (Å²) in [6.45, 7) is 21.0. The van der Waals surface area contributed by atoms with E-state index in [1.165, 1.54) is 4.90 Å². The molecule has 54 heavy (non-hydrogen) atoms. The molecular formula is C40H61N7O6S. The van der Waals surface area contributed by atoms with Crippen molar-refractivity contribution in [2.75, 3.05) is 58.9 Å². The topological polar surface area (TPSA) is 148 Å². The lowest BCUT2D eigenvalue weighted by Gasteiger charge is -2.39. The molecule has 4 heterocycles. The van der Waals surface area contributed by atoms with Crippen molar-refractivity contribution in [2.45, 2.75) is 104 Å². The van der Waals surface area contributed by atoms with Crippen LogP contribution in [0.2, 0.25) is 0 Å². The Morgan fingerprint density at radius 1 is 0.944 bits per heavy atom. The Labute approximate surface area is 324 Å². The first-order chi connectivity index (χ1) is 25.4. The number of aliphatic hydroxyl groups is 1. The van der Waals surface area contributed by atoms with Gasteiger partial charge < -0.3 is 35.2 Å². The smallest absolute Gasteiger partial charge is 0.410 e. The number of likely N-dealkylation sites (tertiary alicyclic amines) is 2. The summed E-state index contributed by atoms with van der Waals surface area (Å²) in [4.78, 5) is 66.9. The largest absolute Gasteiger partial charge is 0.444 e. The number of carbonyl (C=O) groups excluding carboxylic acids is 4. The second-order valence-corrected chi connectivity index (χ2v) is 18.2. The van der Waals surface area contributed by atoms with Gasteiger partial charge in [0.15, 0.2) is 0 Å². The fourth-order valence-corrected chi connectivity index (χ4v) is 8.36. The molecule has 4 amide bonds. The van der Waals surface area contributed by atoms with Crippen LogP contribution in [0.15, 0.2) is 29.8 Å². The van der Waals surface area contributed by atoms with E-state index in [1.807, 2.05) is 90.1 Å². The van der Waals surface area contributed by atoms with Crippen molar-refractivity contribution in [3.63, 3.8) is 0 Å². The van der Waals surface area contributed by atoms with Gasteiger partial charge in [0.2, 0.25) is 17.7 Å². The number of piperidine rings is 1. The molecule has 3 fully saturated rings. The fraction of sp³-hybridized carbons (Fsp3) is 0.675. The van der Waals surface area contributed by atoms with Crippen molar-refractivity contribution in [2.24, 2.45) is 11.3 Å². The predicted octanol–water partition coefficient (Wildman–Crippen LogP) is 4.05. The van der Waals surface area contributed by atoms with E-state index in [0.29, 0.717) is 19.0 Å². The van der Waals surface area contributed by atoms with Crippen LogP contribution in [0.3, 0.4) is 0 Å². The highest BCUT2D eigenvalue weighted by molar-refractivity contribution is 7.13. The van der Waals surface area contributed by atoms with Gasteiger partial charge in [-0.05, 0) is 69.9 Å². The number of aromatic nitrogens is 1. The average molecular weight is 768 g/mol. The zero-order valence-corrected chi connectivity index (χ0v) is 34.2. The van der Waals surface area contributed by atoms with Gasteiger partial charge in [-0.3, -0.25) is 19.3 Å². The molecule has 0 saturated carbocycles. The first-order valence-corrected chi connectivity index (χ1v) is 20.3. The molecule has 1 aromatic heterocycles. The van der Waals surface area contributed by atoms with Gasteiger partial charge in [0.1, 0.15) is 17.7 Å². The number of hydrogen-bond donors (Lipinski definition) is 3. The van der Waals surface area contributed by atoms with Gasteiger partial charge in [0.05, 0.1) is 34.8 Å². The molecular weight excluding hydrogens is 707 g/mol. The molecule has 4 atom stereocenters. The number of nitrogens with zero attached hydrogens (tertiary/aromatic N) is 5. The number of rotatable bonds is 10. The third kappa shape index (κ3) is 11.0. The minimum Gasteiger partial charge on any atom is -0.444 e. The summed E-state index contributed by atoms with van der Waals surface area (Å²) in [6, 6.07) is 5.95. The molecule has 5 rings (SSSR count). The van der Waals surface area contributed by atoms with Crippen molar-refractivity contribution in [1.29, 1.82) is 0 Å². The standard InChI is InChI=1S/C40H61N7O6S/c1-26(29-9-11-30(12-10-29)34-27(2)41-25-54-34)42-36(50)32-21-31(48)23-47(32)37(51)35(39(3,4)5)43-33(49)24-45-19-17-44(18-20-45)22-28-13-15-46(16-14-28)38(52)53-40(6,7)8/h9-12,25-26,28,31-32,35,48H,13-24H2,1-8H3,(H,42,50)(H,43,49)/t26-,31+,32-,35?/m0/s1. The number of thiazole rings is 1. The maximum atomic E-state index is 14.1. The SMILES string of the molecule is Cc1ncsc1-c1ccc([C@H](C)NC(=O)[C@@H]2C[C@@H](O)CN2C(=O)C(NC(=O)CN2CCN(CC3CCN(C(=O)OC(C)(C)C)CC3)CC2)C(C)(C)C)cc1. The number of aliphatic hydroxyl groups excluding tert-OH is 1. The maximum Gasteiger partial charge on any atom is 0.410 e. The number of benzene rings is 1. The summed E-state index contributed by atoms with van der Waals surface area (Å²) < 4.78 is 5.54. The van der Waals surface area contributed by atoms with E-state index in [0.717, 1.165) is 67.3 Å². The van der Waals surface area contributed by atoms with E-state index in [4.69, 9.17) is 4.74 Å². The summed E-state index contributed by atoms with van der Waals surface area (Å²) in [6.07, 6.45) is 0.944. The number of β-amino-alcohol motifs (C(OH)–C–C–N with tert-alkyl or cyclic N) is 1. The molecule has 14 heteroatoms. The molecule has 3 N–H and O–H groups in total. The van der Waals surface area contributed by atoms with Crippen LogP contribution in [0.25, 0.3) is 10.4 Å². The monoisotopic (exact) mass is 767 g/mol.